The lowest BCUT2D eigenvalue weighted by atomic mass is 9.94. The maximum Gasteiger partial charge on any atom is 0.306 e. The third-order valence-corrected chi connectivity index (χ3v) is 6.73. The minimum Gasteiger partial charge on any atom is -0.457 e. The van der Waals surface area contributed by atoms with Crippen LogP contribution >= 0.6 is 0 Å². The van der Waals surface area contributed by atoms with E-state index in [1.54, 1.807) is 30.3 Å². The highest BCUT2D eigenvalue weighted by molar-refractivity contribution is 6.25. The number of carbonyl (C=O) groups is 4. The summed E-state index contributed by atoms with van der Waals surface area (Å²) in [6.07, 6.45) is 0.227. The zero-order chi connectivity index (χ0) is 26.1. The second-order valence-corrected chi connectivity index (χ2v) is 9.11. The maximum absolute atomic E-state index is 13.0. The summed E-state index contributed by atoms with van der Waals surface area (Å²) in [7, 11) is 0. The number of esters is 1. The van der Waals surface area contributed by atoms with E-state index in [2.05, 4.69) is 0 Å². The number of ketones is 1. The number of hydrogen-bond acceptors (Lipinski definition) is 5. The first-order valence-corrected chi connectivity index (χ1v) is 12.2. The molecule has 0 atom stereocenters. The van der Waals surface area contributed by atoms with Crippen LogP contribution in [0.2, 0.25) is 0 Å². The molecule has 0 fully saturated rings. The van der Waals surface area contributed by atoms with E-state index in [1.165, 1.54) is 4.90 Å². The van der Waals surface area contributed by atoms with Gasteiger partial charge in [-0.15, -0.1) is 0 Å². The van der Waals surface area contributed by atoms with Crippen molar-refractivity contribution in [3.8, 4) is 5.69 Å². The quantitative estimate of drug-likeness (QED) is 0.194. The number of para-hydroxylation sites is 1. The van der Waals surface area contributed by atoms with Crippen LogP contribution in [0.1, 0.15) is 55.3 Å². The summed E-state index contributed by atoms with van der Waals surface area (Å²) in [6, 6.07) is 22.3. The van der Waals surface area contributed by atoms with Gasteiger partial charge in [0.15, 0.2) is 6.61 Å². The molecule has 3 aromatic carbocycles. The maximum atomic E-state index is 13.0. The molecular weight excluding hydrogens is 468 g/mol. The molecule has 2 amide bonds. The molecule has 2 heterocycles. The van der Waals surface area contributed by atoms with Gasteiger partial charge < -0.3 is 9.30 Å². The summed E-state index contributed by atoms with van der Waals surface area (Å²) in [4.78, 5) is 52.2. The molecule has 0 saturated carbocycles. The van der Waals surface area contributed by atoms with E-state index < -0.39 is 5.97 Å². The Morgan fingerprint density at radius 1 is 0.838 bits per heavy atom. The molecule has 0 aliphatic carbocycles. The monoisotopic (exact) mass is 494 g/mol. The van der Waals surface area contributed by atoms with E-state index in [9.17, 15) is 19.2 Å². The highest BCUT2D eigenvalue weighted by atomic mass is 16.5. The van der Waals surface area contributed by atoms with Crippen molar-refractivity contribution >= 4 is 34.3 Å². The molecule has 0 bridgehead atoms. The molecule has 7 heteroatoms. The standard InChI is InChI=1S/C30H26N2O5/c1-19-17-25(20(2)32(19)22-11-4-3-5-12-22)26(33)18-37-27(34)15-8-16-31-29(35)23-13-6-9-21-10-7-14-24(28(21)23)30(31)36/h3-7,9-14,17H,8,15-16,18H2,1-2H3. The van der Waals surface area contributed by atoms with Crippen LogP contribution in [0.5, 0.6) is 0 Å². The molecule has 5 rings (SSSR count). The number of Topliss-reactive ketones (excluding diaryl/α,β-unsaturated/α-hetero) is 1. The minimum absolute atomic E-state index is 0.0147. The van der Waals surface area contributed by atoms with Crippen molar-refractivity contribution in [3.05, 3.63) is 101 Å². The van der Waals surface area contributed by atoms with Crippen molar-refractivity contribution in [2.45, 2.75) is 26.7 Å². The number of imide groups is 1. The van der Waals surface area contributed by atoms with Gasteiger partial charge in [0.05, 0.1) is 0 Å². The van der Waals surface area contributed by atoms with E-state index in [0.717, 1.165) is 22.5 Å². The summed E-state index contributed by atoms with van der Waals surface area (Å²) in [5.74, 6) is -1.57. The fraction of sp³-hybridized carbons (Fsp3) is 0.200. The molecule has 4 aromatic rings. The number of aromatic nitrogens is 1. The zero-order valence-corrected chi connectivity index (χ0v) is 20.7. The predicted molar refractivity (Wildman–Crippen MR) is 139 cm³/mol. The lowest BCUT2D eigenvalue weighted by Crippen LogP contribution is -2.41. The highest BCUT2D eigenvalue weighted by Gasteiger charge is 2.32. The van der Waals surface area contributed by atoms with E-state index in [0.29, 0.717) is 22.1 Å². The normalized spacial score (nSPS) is 12.8. The number of ether oxygens (including phenoxy) is 1. The summed E-state index contributed by atoms with van der Waals surface area (Å²) in [6.45, 7) is 3.50. The average molecular weight is 495 g/mol. The molecule has 0 saturated heterocycles. The van der Waals surface area contributed by atoms with Crippen molar-refractivity contribution in [2.24, 2.45) is 0 Å². The number of amides is 2. The Morgan fingerprint density at radius 3 is 2.14 bits per heavy atom. The van der Waals surface area contributed by atoms with Gasteiger partial charge in [0.25, 0.3) is 11.8 Å². The van der Waals surface area contributed by atoms with E-state index in [1.807, 2.05) is 60.9 Å². The van der Waals surface area contributed by atoms with Gasteiger partial charge in [0, 0.05) is 52.1 Å². The molecule has 0 unspecified atom stereocenters. The Kier molecular flexibility index (Phi) is 6.44. The van der Waals surface area contributed by atoms with Crippen LogP contribution in [-0.4, -0.2) is 46.2 Å². The zero-order valence-electron chi connectivity index (χ0n) is 20.7. The van der Waals surface area contributed by atoms with Crippen LogP contribution in [0.25, 0.3) is 16.5 Å². The van der Waals surface area contributed by atoms with Gasteiger partial charge >= 0.3 is 5.97 Å². The fourth-order valence-corrected chi connectivity index (χ4v) is 4.98. The van der Waals surface area contributed by atoms with Gasteiger partial charge in [-0.3, -0.25) is 24.1 Å². The third kappa shape index (κ3) is 4.44. The lowest BCUT2D eigenvalue weighted by molar-refractivity contribution is -0.142. The summed E-state index contributed by atoms with van der Waals surface area (Å²) < 4.78 is 7.21. The SMILES string of the molecule is Cc1cc(C(=O)COC(=O)CCCN2C(=O)c3cccc4cccc(c34)C2=O)c(C)n1-c1ccccc1. The molecule has 7 nitrogen and oxygen atoms in total. The second-order valence-electron chi connectivity index (χ2n) is 9.11. The van der Waals surface area contributed by atoms with Crippen LogP contribution in [0.15, 0.2) is 72.8 Å². The number of nitrogens with zero attached hydrogens (tertiary/aromatic N) is 2. The average Bonchev–Trinajstić information content (AvgIpc) is 3.21. The number of rotatable bonds is 8. The fourth-order valence-electron chi connectivity index (χ4n) is 4.98. The highest BCUT2D eigenvalue weighted by Crippen LogP contribution is 2.30. The van der Waals surface area contributed by atoms with Gasteiger partial charge in [-0.25, -0.2) is 0 Å². The van der Waals surface area contributed by atoms with Crippen molar-refractivity contribution in [1.82, 2.24) is 9.47 Å². The lowest BCUT2D eigenvalue weighted by Gasteiger charge is -2.27. The first kappa shape index (κ1) is 24.2. The van der Waals surface area contributed by atoms with Crippen LogP contribution in [0, 0.1) is 13.8 Å². The smallest absolute Gasteiger partial charge is 0.306 e. The number of hydrogen-bond donors (Lipinski definition) is 0. The van der Waals surface area contributed by atoms with Crippen LogP contribution in [-0.2, 0) is 9.53 Å². The number of carbonyl (C=O) groups excluding carboxylic acids is 4. The molecular formula is C30H26N2O5. The topological polar surface area (TPSA) is 85.7 Å². The van der Waals surface area contributed by atoms with Crippen molar-refractivity contribution in [2.75, 3.05) is 13.2 Å². The van der Waals surface area contributed by atoms with Crippen LogP contribution in [0.4, 0.5) is 0 Å². The molecule has 0 N–H and O–H groups in total. The molecule has 1 aliphatic rings. The minimum atomic E-state index is -0.551. The Bertz CT molecular complexity index is 1500. The van der Waals surface area contributed by atoms with Gasteiger partial charge in [0.1, 0.15) is 0 Å². The van der Waals surface area contributed by atoms with Gasteiger partial charge in [-0.1, -0.05) is 42.5 Å². The first-order valence-electron chi connectivity index (χ1n) is 12.2. The largest absolute Gasteiger partial charge is 0.457 e. The molecule has 0 radical (unpaired) electrons. The molecule has 1 aliphatic heterocycles. The van der Waals surface area contributed by atoms with Crippen LogP contribution < -0.4 is 0 Å². The van der Waals surface area contributed by atoms with Gasteiger partial charge in [-0.05, 0) is 56.0 Å². The predicted octanol–water partition coefficient (Wildman–Crippen LogP) is 5.05. The number of benzene rings is 3. The van der Waals surface area contributed by atoms with E-state index in [4.69, 9.17) is 4.74 Å². The van der Waals surface area contributed by atoms with E-state index in [-0.39, 0.29) is 43.6 Å². The van der Waals surface area contributed by atoms with Gasteiger partial charge in [-0.2, -0.15) is 0 Å². The summed E-state index contributed by atoms with van der Waals surface area (Å²) >= 11 is 0. The number of aryl methyl sites for hydroxylation is 1. The molecule has 37 heavy (non-hydrogen) atoms. The second kappa shape index (κ2) is 9.85. The van der Waals surface area contributed by atoms with E-state index >= 15 is 0 Å². The van der Waals surface area contributed by atoms with Crippen molar-refractivity contribution in [3.63, 3.8) is 0 Å². The summed E-state index contributed by atoms with van der Waals surface area (Å²) in [5, 5.41) is 1.51. The van der Waals surface area contributed by atoms with Crippen molar-refractivity contribution < 1.29 is 23.9 Å². The van der Waals surface area contributed by atoms with Crippen LogP contribution in [0.3, 0.4) is 0 Å². The Labute approximate surface area is 214 Å². The first-order chi connectivity index (χ1) is 17.9. The Hall–Kier alpha value is -4.52. The van der Waals surface area contributed by atoms with Crippen molar-refractivity contribution in [1.29, 1.82) is 0 Å². The Balaban J connectivity index is 1.17. The Morgan fingerprint density at radius 2 is 1.49 bits per heavy atom. The molecule has 0 spiro atoms. The molecule has 1 aromatic heterocycles. The van der Waals surface area contributed by atoms with Gasteiger partial charge in [0.2, 0.25) is 5.78 Å². The summed E-state index contributed by atoms with van der Waals surface area (Å²) in [5.41, 5.74) is 4.11. The third-order valence-electron chi connectivity index (χ3n) is 6.73. The molecule has 186 valence electrons.